The molecule has 1 aliphatic rings. The largest absolute Gasteiger partial charge is 0.495 e. The summed E-state index contributed by atoms with van der Waals surface area (Å²) in [5.41, 5.74) is 2.20. The minimum absolute atomic E-state index is 0.0165. The number of carbonyl (C=O) groups is 1. The van der Waals surface area contributed by atoms with E-state index >= 15 is 0 Å². The molecule has 2 heterocycles. The molecule has 1 saturated heterocycles. The Kier molecular flexibility index (Phi) is 6.40. The van der Waals surface area contributed by atoms with Crippen molar-refractivity contribution in [3.8, 4) is 17.6 Å². The third-order valence-electron chi connectivity index (χ3n) is 5.17. The van der Waals surface area contributed by atoms with Gasteiger partial charge in [0, 0.05) is 43.5 Å². The minimum atomic E-state index is -0.0165. The molecule has 0 N–H and O–H groups in total. The number of rotatable bonds is 3. The molecule has 0 atom stereocenters. The van der Waals surface area contributed by atoms with Gasteiger partial charge in [0.2, 0.25) is 0 Å². The van der Waals surface area contributed by atoms with Crippen molar-refractivity contribution in [3.05, 3.63) is 88.6 Å². The van der Waals surface area contributed by atoms with Crippen LogP contribution in [0.3, 0.4) is 0 Å². The van der Waals surface area contributed by atoms with Crippen LogP contribution in [-0.2, 0) is 0 Å². The predicted octanol–water partition coefficient (Wildman–Crippen LogP) is 4.11. The van der Waals surface area contributed by atoms with Crippen molar-refractivity contribution in [1.29, 1.82) is 0 Å². The van der Waals surface area contributed by atoms with Crippen LogP contribution in [0.25, 0.3) is 0 Å². The number of amides is 1. The highest BCUT2D eigenvalue weighted by atomic mass is 35.5. The molecule has 0 bridgehead atoms. The molecular formula is C25H22ClN3O2. The first-order valence-corrected chi connectivity index (χ1v) is 10.4. The summed E-state index contributed by atoms with van der Waals surface area (Å²) < 4.78 is 5.43. The lowest BCUT2D eigenvalue weighted by molar-refractivity contribution is 0.0746. The lowest BCUT2D eigenvalue weighted by atomic mass is 10.1. The zero-order chi connectivity index (χ0) is 21.6. The maximum Gasteiger partial charge on any atom is 0.254 e. The summed E-state index contributed by atoms with van der Waals surface area (Å²) in [5.74, 6) is 7.66. The van der Waals surface area contributed by atoms with E-state index in [-0.39, 0.29) is 5.91 Å². The van der Waals surface area contributed by atoms with Crippen molar-refractivity contribution < 1.29 is 9.53 Å². The number of methoxy groups -OCH3 is 1. The number of ether oxygens (including phenoxy) is 1. The van der Waals surface area contributed by atoms with Gasteiger partial charge in [0.05, 0.1) is 17.7 Å². The van der Waals surface area contributed by atoms with E-state index in [9.17, 15) is 4.79 Å². The van der Waals surface area contributed by atoms with Crippen molar-refractivity contribution in [2.75, 3.05) is 38.2 Å². The molecule has 5 nitrogen and oxygen atoms in total. The molecule has 6 heteroatoms. The van der Waals surface area contributed by atoms with Crippen LogP contribution in [0.4, 0.5) is 5.82 Å². The van der Waals surface area contributed by atoms with Crippen molar-refractivity contribution in [1.82, 2.24) is 9.88 Å². The molecule has 31 heavy (non-hydrogen) atoms. The van der Waals surface area contributed by atoms with E-state index in [0.29, 0.717) is 48.1 Å². The van der Waals surface area contributed by atoms with Gasteiger partial charge >= 0.3 is 0 Å². The third kappa shape index (κ3) is 4.82. The SMILES string of the molecule is COc1ccc(C(=O)N2CCN(c3ncccc3Cl)CC2)cc1C#Cc1ccccc1. The van der Waals surface area contributed by atoms with E-state index in [1.807, 2.05) is 47.4 Å². The number of pyridine rings is 1. The summed E-state index contributed by atoms with van der Waals surface area (Å²) in [6.07, 6.45) is 1.73. The first kappa shape index (κ1) is 20.8. The number of hydrogen-bond acceptors (Lipinski definition) is 4. The molecule has 1 fully saturated rings. The molecule has 3 aromatic rings. The van der Waals surface area contributed by atoms with Gasteiger partial charge in [-0.15, -0.1) is 0 Å². The van der Waals surface area contributed by atoms with Gasteiger partial charge in [-0.1, -0.05) is 41.6 Å². The molecule has 0 unspecified atom stereocenters. The molecule has 1 amide bonds. The Labute approximate surface area is 187 Å². The fourth-order valence-corrected chi connectivity index (χ4v) is 3.75. The van der Waals surface area contributed by atoms with Crippen molar-refractivity contribution in [2.24, 2.45) is 0 Å². The van der Waals surface area contributed by atoms with Crippen molar-refractivity contribution >= 4 is 23.3 Å². The zero-order valence-electron chi connectivity index (χ0n) is 17.2. The van der Waals surface area contributed by atoms with Gasteiger partial charge in [0.15, 0.2) is 0 Å². The topological polar surface area (TPSA) is 45.7 Å². The summed E-state index contributed by atoms with van der Waals surface area (Å²) in [7, 11) is 1.60. The standard InChI is InChI=1S/C25H22ClN3O2/c1-31-23-12-11-21(18-20(23)10-9-19-6-3-2-4-7-19)25(30)29-16-14-28(15-17-29)24-22(26)8-5-13-27-24/h2-8,11-13,18H,14-17H2,1H3. The Hall–Kier alpha value is -3.49. The average molecular weight is 432 g/mol. The highest BCUT2D eigenvalue weighted by Crippen LogP contribution is 2.24. The highest BCUT2D eigenvalue weighted by Gasteiger charge is 2.24. The number of benzene rings is 2. The molecule has 156 valence electrons. The summed E-state index contributed by atoms with van der Waals surface area (Å²) in [6.45, 7) is 2.56. The van der Waals surface area contributed by atoms with Crippen LogP contribution in [0.2, 0.25) is 5.02 Å². The first-order valence-electron chi connectivity index (χ1n) is 10.1. The quantitative estimate of drug-likeness (QED) is 0.585. The van der Waals surface area contributed by atoms with Crippen molar-refractivity contribution in [2.45, 2.75) is 0 Å². The van der Waals surface area contributed by atoms with Crippen LogP contribution in [0, 0.1) is 11.8 Å². The smallest absolute Gasteiger partial charge is 0.254 e. The maximum absolute atomic E-state index is 13.1. The fraction of sp³-hybridized carbons (Fsp3) is 0.200. The Morgan fingerprint density at radius 1 is 1.00 bits per heavy atom. The summed E-state index contributed by atoms with van der Waals surface area (Å²) in [5, 5.41) is 0.624. The van der Waals surface area contributed by atoms with Crippen LogP contribution >= 0.6 is 11.6 Å². The van der Waals surface area contributed by atoms with Gasteiger partial charge < -0.3 is 14.5 Å². The highest BCUT2D eigenvalue weighted by molar-refractivity contribution is 6.32. The lowest BCUT2D eigenvalue weighted by Crippen LogP contribution is -2.49. The van der Waals surface area contributed by atoms with Gasteiger partial charge in [-0.3, -0.25) is 4.79 Å². The zero-order valence-corrected chi connectivity index (χ0v) is 18.0. The average Bonchev–Trinajstić information content (AvgIpc) is 2.83. The maximum atomic E-state index is 13.1. The van der Waals surface area contributed by atoms with Crippen molar-refractivity contribution in [3.63, 3.8) is 0 Å². The van der Waals surface area contributed by atoms with E-state index in [4.69, 9.17) is 16.3 Å². The number of hydrogen-bond donors (Lipinski definition) is 0. The summed E-state index contributed by atoms with van der Waals surface area (Å²) >= 11 is 6.26. The van der Waals surface area contributed by atoms with E-state index in [2.05, 4.69) is 21.7 Å². The van der Waals surface area contributed by atoms with E-state index in [1.54, 1.807) is 31.5 Å². The van der Waals surface area contributed by atoms with Gasteiger partial charge in [0.25, 0.3) is 5.91 Å². The van der Waals surface area contributed by atoms with Crippen LogP contribution in [0.15, 0.2) is 66.9 Å². The molecule has 0 aliphatic carbocycles. The van der Waals surface area contributed by atoms with E-state index in [0.717, 1.165) is 11.4 Å². The number of halogens is 1. The number of piperazine rings is 1. The molecule has 0 spiro atoms. The van der Waals surface area contributed by atoms with Gasteiger partial charge in [0.1, 0.15) is 11.6 Å². The van der Waals surface area contributed by atoms with Gasteiger partial charge in [-0.2, -0.15) is 0 Å². The lowest BCUT2D eigenvalue weighted by Gasteiger charge is -2.35. The Morgan fingerprint density at radius 3 is 2.48 bits per heavy atom. The minimum Gasteiger partial charge on any atom is -0.495 e. The summed E-state index contributed by atoms with van der Waals surface area (Å²) in [6, 6.07) is 18.8. The second-order valence-corrected chi connectivity index (χ2v) is 7.53. The normalized spacial score (nSPS) is 13.4. The van der Waals surface area contributed by atoms with Crippen LogP contribution in [0.5, 0.6) is 5.75 Å². The molecule has 1 aromatic heterocycles. The second kappa shape index (κ2) is 9.55. The Bertz CT molecular complexity index is 1130. The predicted molar refractivity (Wildman–Crippen MR) is 123 cm³/mol. The Morgan fingerprint density at radius 2 is 1.77 bits per heavy atom. The molecule has 0 saturated carbocycles. The van der Waals surface area contributed by atoms with E-state index in [1.165, 1.54) is 0 Å². The molecule has 4 rings (SSSR count). The fourth-order valence-electron chi connectivity index (χ4n) is 3.51. The van der Waals surface area contributed by atoms with Gasteiger partial charge in [-0.25, -0.2) is 4.98 Å². The van der Waals surface area contributed by atoms with Crippen LogP contribution < -0.4 is 9.64 Å². The molecule has 0 radical (unpaired) electrons. The summed E-state index contributed by atoms with van der Waals surface area (Å²) in [4.78, 5) is 21.4. The number of carbonyl (C=O) groups excluding carboxylic acids is 1. The molecule has 1 aliphatic heterocycles. The van der Waals surface area contributed by atoms with E-state index < -0.39 is 0 Å². The third-order valence-corrected chi connectivity index (χ3v) is 5.46. The van der Waals surface area contributed by atoms with Crippen LogP contribution in [-0.4, -0.2) is 49.1 Å². The monoisotopic (exact) mass is 431 g/mol. The number of aromatic nitrogens is 1. The van der Waals surface area contributed by atoms with Crippen LogP contribution in [0.1, 0.15) is 21.5 Å². The molecule has 2 aromatic carbocycles. The van der Waals surface area contributed by atoms with Gasteiger partial charge in [-0.05, 0) is 42.5 Å². The Balaban J connectivity index is 1.49. The number of anilines is 1. The molecular weight excluding hydrogens is 410 g/mol. The number of nitrogens with zero attached hydrogens (tertiary/aromatic N) is 3. The first-order chi connectivity index (χ1) is 15.2. The second-order valence-electron chi connectivity index (χ2n) is 7.12.